The van der Waals surface area contributed by atoms with E-state index in [0.29, 0.717) is 11.6 Å². The van der Waals surface area contributed by atoms with Gasteiger partial charge < -0.3 is 10.8 Å². The van der Waals surface area contributed by atoms with E-state index < -0.39 is 0 Å². The molecule has 1 fully saturated rings. The van der Waals surface area contributed by atoms with Crippen molar-refractivity contribution in [2.24, 2.45) is 5.73 Å². The topological polar surface area (TPSA) is 46.2 Å². The average Bonchev–Trinajstić information content (AvgIpc) is 2.07. The van der Waals surface area contributed by atoms with Gasteiger partial charge in [-0.15, -0.1) is 0 Å². The van der Waals surface area contributed by atoms with Gasteiger partial charge in [0.15, 0.2) is 0 Å². The van der Waals surface area contributed by atoms with Crippen LogP contribution in [-0.2, 0) is 5.41 Å². The fourth-order valence-electron chi connectivity index (χ4n) is 2.12. The number of benzene rings is 1. The molecule has 1 aromatic rings. The number of aromatic hydroxyl groups is 1. The largest absolute Gasteiger partial charge is 0.508 e. The summed E-state index contributed by atoms with van der Waals surface area (Å²) in [4.78, 5) is 0. The minimum atomic E-state index is 0.0742. The van der Waals surface area contributed by atoms with Gasteiger partial charge in [0, 0.05) is 17.0 Å². The number of nitrogens with two attached hydrogens (primary N) is 1. The molecule has 1 aliphatic rings. The molecule has 0 spiro atoms. The van der Waals surface area contributed by atoms with Crippen molar-refractivity contribution in [3.63, 3.8) is 0 Å². The number of hydrogen-bond donors (Lipinski definition) is 2. The second-order valence-corrected chi connectivity index (χ2v) is 4.41. The Labute approximate surface area is 88.7 Å². The Balaban J connectivity index is 2.40. The predicted molar refractivity (Wildman–Crippen MR) is 57.7 cm³/mol. The van der Waals surface area contributed by atoms with Gasteiger partial charge in [-0.05, 0) is 30.5 Å². The van der Waals surface area contributed by atoms with Gasteiger partial charge in [-0.25, -0.2) is 0 Å². The Morgan fingerprint density at radius 1 is 1.43 bits per heavy atom. The molecule has 0 amide bonds. The third-order valence-corrected chi connectivity index (χ3v) is 3.54. The summed E-state index contributed by atoms with van der Waals surface area (Å²) in [6.45, 7) is 0.636. The van der Waals surface area contributed by atoms with E-state index in [1.54, 1.807) is 12.1 Å². The predicted octanol–water partition coefficient (Wildman–Crippen LogP) is 2.43. The number of phenols is 1. The van der Waals surface area contributed by atoms with Crippen molar-refractivity contribution in [2.45, 2.75) is 24.7 Å². The number of rotatable bonds is 2. The summed E-state index contributed by atoms with van der Waals surface area (Å²) in [6, 6.07) is 5.16. The molecule has 0 unspecified atom stereocenters. The van der Waals surface area contributed by atoms with E-state index in [1.807, 2.05) is 6.07 Å². The Hall–Kier alpha value is -0.730. The van der Waals surface area contributed by atoms with Crippen LogP contribution in [0.2, 0.25) is 5.02 Å². The fourth-order valence-corrected chi connectivity index (χ4v) is 2.50. The molecule has 0 heterocycles. The first-order valence-electron chi connectivity index (χ1n) is 4.87. The second-order valence-electron chi connectivity index (χ2n) is 4.00. The summed E-state index contributed by atoms with van der Waals surface area (Å²) >= 11 is 6.09. The quantitative estimate of drug-likeness (QED) is 0.789. The molecule has 3 N–H and O–H groups in total. The van der Waals surface area contributed by atoms with Crippen molar-refractivity contribution in [3.05, 3.63) is 28.8 Å². The smallest absolute Gasteiger partial charge is 0.117 e. The number of halogens is 1. The van der Waals surface area contributed by atoms with Gasteiger partial charge in [0.05, 0.1) is 0 Å². The summed E-state index contributed by atoms with van der Waals surface area (Å²) in [7, 11) is 0. The Kier molecular flexibility index (Phi) is 2.41. The van der Waals surface area contributed by atoms with Crippen LogP contribution >= 0.6 is 11.6 Å². The molecule has 0 saturated heterocycles. The lowest BCUT2D eigenvalue weighted by Crippen LogP contribution is -2.41. The van der Waals surface area contributed by atoms with E-state index in [4.69, 9.17) is 17.3 Å². The normalized spacial score (nSPS) is 19.0. The number of phenolic OH excluding ortho intramolecular Hbond substituents is 1. The van der Waals surface area contributed by atoms with Crippen molar-refractivity contribution in [1.29, 1.82) is 0 Å². The lowest BCUT2D eigenvalue weighted by Gasteiger charge is -2.42. The molecule has 0 aliphatic heterocycles. The Morgan fingerprint density at radius 3 is 2.57 bits per heavy atom. The van der Waals surface area contributed by atoms with Crippen LogP contribution in [0.4, 0.5) is 0 Å². The highest BCUT2D eigenvalue weighted by molar-refractivity contribution is 6.31. The lowest BCUT2D eigenvalue weighted by molar-refractivity contribution is 0.253. The average molecular weight is 212 g/mol. The molecule has 0 bridgehead atoms. The van der Waals surface area contributed by atoms with Crippen LogP contribution in [0.1, 0.15) is 24.8 Å². The van der Waals surface area contributed by atoms with E-state index in [0.717, 1.165) is 18.4 Å². The standard InChI is InChI=1S/C11H14ClNO/c12-10-6-8(14)2-3-9(10)11(7-13)4-1-5-11/h2-3,6,14H,1,4-5,7,13H2. The molecule has 76 valence electrons. The molecule has 2 nitrogen and oxygen atoms in total. The molecular formula is C11H14ClNO. The van der Waals surface area contributed by atoms with Crippen molar-refractivity contribution < 1.29 is 5.11 Å². The zero-order chi connectivity index (χ0) is 10.2. The first-order chi connectivity index (χ1) is 6.68. The van der Waals surface area contributed by atoms with E-state index in [-0.39, 0.29) is 11.2 Å². The van der Waals surface area contributed by atoms with Crippen molar-refractivity contribution in [3.8, 4) is 5.75 Å². The van der Waals surface area contributed by atoms with Gasteiger partial charge in [0.1, 0.15) is 5.75 Å². The SMILES string of the molecule is NCC1(c2ccc(O)cc2Cl)CCC1. The Bertz CT molecular complexity index is 342. The van der Waals surface area contributed by atoms with Gasteiger partial charge in [-0.2, -0.15) is 0 Å². The second kappa shape index (κ2) is 3.44. The molecular weight excluding hydrogens is 198 g/mol. The summed E-state index contributed by atoms with van der Waals surface area (Å²) in [5, 5.41) is 9.89. The maximum Gasteiger partial charge on any atom is 0.117 e. The molecule has 0 radical (unpaired) electrons. The van der Waals surface area contributed by atoms with Crippen molar-refractivity contribution in [2.75, 3.05) is 6.54 Å². The molecule has 2 rings (SSSR count). The van der Waals surface area contributed by atoms with E-state index >= 15 is 0 Å². The molecule has 0 aromatic heterocycles. The minimum absolute atomic E-state index is 0.0742. The van der Waals surface area contributed by atoms with Crippen molar-refractivity contribution >= 4 is 11.6 Å². The van der Waals surface area contributed by atoms with Crippen LogP contribution in [0.15, 0.2) is 18.2 Å². The molecule has 14 heavy (non-hydrogen) atoms. The van der Waals surface area contributed by atoms with E-state index in [2.05, 4.69) is 0 Å². The van der Waals surface area contributed by atoms with Crippen molar-refractivity contribution in [1.82, 2.24) is 0 Å². The molecule has 1 aromatic carbocycles. The summed E-state index contributed by atoms with van der Waals surface area (Å²) in [5.74, 6) is 0.213. The van der Waals surface area contributed by atoms with Crippen LogP contribution in [0.5, 0.6) is 5.75 Å². The van der Waals surface area contributed by atoms with Crippen LogP contribution in [0.3, 0.4) is 0 Å². The fraction of sp³-hybridized carbons (Fsp3) is 0.455. The molecule has 0 atom stereocenters. The first kappa shape index (κ1) is 9.81. The zero-order valence-electron chi connectivity index (χ0n) is 7.96. The molecule has 3 heteroatoms. The summed E-state index contributed by atoms with van der Waals surface area (Å²) < 4.78 is 0. The van der Waals surface area contributed by atoms with Crippen LogP contribution in [0.25, 0.3) is 0 Å². The first-order valence-corrected chi connectivity index (χ1v) is 5.25. The maximum atomic E-state index is 9.25. The molecule has 1 aliphatic carbocycles. The van der Waals surface area contributed by atoms with Gasteiger partial charge >= 0.3 is 0 Å². The van der Waals surface area contributed by atoms with E-state index in [1.165, 1.54) is 6.42 Å². The lowest BCUT2D eigenvalue weighted by atomic mass is 9.64. The summed E-state index contributed by atoms with van der Waals surface area (Å²) in [5.41, 5.74) is 6.95. The Morgan fingerprint density at radius 2 is 2.14 bits per heavy atom. The van der Waals surface area contributed by atoms with Gasteiger partial charge in [-0.1, -0.05) is 24.1 Å². The zero-order valence-corrected chi connectivity index (χ0v) is 8.72. The van der Waals surface area contributed by atoms with Crippen LogP contribution in [0, 0.1) is 0 Å². The highest BCUT2D eigenvalue weighted by Crippen LogP contribution is 2.45. The van der Waals surface area contributed by atoms with Gasteiger partial charge in [0.2, 0.25) is 0 Å². The van der Waals surface area contributed by atoms with Gasteiger partial charge in [-0.3, -0.25) is 0 Å². The monoisotopic (exact) mass is 211 g/mol. The van der Waals surface area contributed by atoms with Crippen LogP contribution in [-0.4, -0.2) is 11.7 Å². The van der Waals surface area contributed by atoms with E-state index in [9.17, 15) is 5.11 Å². The number of hydrogen-bond acceptors (Lipinski definition) is 2. The summed E-state index contributed by atoms with van der Waals surface area (Å²) in [6.07, 6.45) is 3.43. The van der Waals surface area contributed by atoms with Crippen LogP contribution < -0.4 is 5.73 Å². The highest BCUT2D eigenvalue weighted by atomic mass is 35.5. The minimum Gasteiger partial charge on any atom is -0.508 e. The third-order valence-electron chi connectivity index (χ3n) is 3.23. The molecule has 1 saturated carbocycles. The third kappa shape index (κ3) is 1.39. The van der Waals surface area contributed by atoms with Gasteiger partial charge in [0.25, 0.3) is 0 Å². The highest BCUT2D eigenvalue weighted by Gasteiger charge is 2.38. The maximum absolute atomic E-state index is 9.25.